The minimum Gasteiger partial charge on any atom is -0.508 e. The number of phenols is 2. The zero-order chi connectivity index (χ0) is 29.6. The Bertz CT molecular complexity index is 1320. The third-order valence-electron chi connectivity index (χ3n) is 4.62. The summed E-state index contributed by atoms with van der Waals surface area (Å²) in [4.78, 5) is 0. The second-order valence-corrected chi connectivity index (χ2v) is 8.03. The maximum Gasteiger partial charge on any atom is 0.488 e. The summed E-state index contributed by atoms with van der Waals surface area (Å²) in [5.41, 5.74) is -0.475. The van der Waals surface area contributed by atoms with E-state index in [9.17, 15) is 39.5 Å². The molecule has 0 aliphatic heterocycles. The van der Waals surface area contributed by atoms with E-state index in [0.29, 0.717) is 5.46 Å². The van der Waals surface area contributed by atoms with Gasteiger partial charge < -0.3 is 20.3 Å². The van der Waals surface area contributed by atoms with Gasteiger partial charge in [-0.15, -0.1) is 0 Å². The van der Waals surface area contributed by atoms with Gasteiger partial charge in [-0.2, -0.15) is 0 Å². The van der Waals surface area contributed by atoms with Crippen molar-refractivity contribution in [2.24, 2.45) is 0 Å². The molecule has 0 radical (unpaired) electrons. The molecule has 0 aliphatic carbocycles. The van der Waals surface area contributed by atoms with Gasteiger partial charge in [0.2, 0.25) is 5.82 Å². The van der Waals surface area contributed by atoms with Gasteiger partial charge >= 0.3 is 7.12 Å². The van der Waals surface area contributed by atoms with Gasteiger partial charge in [-0.3, -0.25) is 0 Å². The first-order valence-electron chi connectivity index (χ1n) is 10.1. The van der Waals surface area contributed by atoms with Crippen LogP contribution in [0.2, 0.25) is 0 Å². The first-order chi connectivity index (χ1) is 18.2. The van der Waals surface area contributed by atoms with E-state index in [-0.39, 0.29) is 23.1 Å². The number of rotatable bonds is 2. The van der Waals surface area contributed by atoms with Crippen molar-refractivity contribution in [1.82, 2.24) is 0 Å². The molecule has 0 saturated heterocycles. The highest BCUT2D eigenvalue weighted by Gasteiger charge is 2.24. The minimum absolute atomic E-state index is 0.0591. The molecule has 0 spiro atoms. The Morgan fingerprint density at radius 1 is 0.513 bits per heavy atom. The van der Waals surface area contributed by atoms with Crippen LogP contribution in [0.1, 0.15) is 0 Å². The second-order valence-electron chi connectivity index (χ2n) is 7.24. The van der Waals surface area contributed by atoms with E-state index in [1.54, 1.807) is 0 Å². The molecule has 15 heteroatoms. The predicted molar refractivity (Wildman–Crippen MR) is 125 cm³/mol. The van der Waals surface area contributed by atoms with Crippen LogP contribution in [0, 0.1) is 52.4 Å². The van der Waals surface area contributed by atoms with Crippen LogP contribution in [0.4, 0.5) is 39.5 Å². The van der Waals surface area contributed by atoms with Crippen LogP contribution >= 0.6 is 15.9 Å². The van der Waals surface area contributed by atoms with Crippen LogP contribution in [0.25, 0.3) is 11.1 Å². The van der Waals surface area contributed by atoms with Crippen LogP contribution < -0.4 is 5.46 Å². The highest BCUT2D eigenvalue weighted by Crippen LogP contribution is 2.30. The Balaban J connectivity index is 0.000000214. The van der Waals surface area contributed by atoms with Crippen molar-refractivity contribution < 1.29 is 59.8 Å². The van der Waals surface area contributed by atoms with E-state index in [2.05, 4.69) is 15.9 Å². The molecule has 4 N–H and O–H groups in total. The molecule has 0 unspecified atom stereocenters. The summed E-state index contributed by atoms with van der Waals surface area (Å²) in [6.07, 6.45) is 0. The molecule has 39 heavy (non-hydrogen) atoms. The summed E-state index contributed by atoms with van der Waals surface area (Å²) >= 11 is 2.22. The Morgan fingerprint density at radius 3 is 1.26 bits per heavy atom. The lowest BCUT2D eigenvalue weighted by Gasteiger charge is -2.07. The number of hydrogen-bond donors (Lipinski definition) is 4. The lowest BCUT2D eigenvalue weighted by atomic mass is 9.80. The molecule has 0 saturated carbocycles. The zero-order valence-electron chi connectivity index (χ0n) is 18.8. The fourth-order valence-corrected chi connectivity index (χ4v) is 3.03. The Morgan fingerprint density at radius 2 is 0.872 bits per heavy atom. The summed E-state index contributed by atoms with van der Waals surface area (Å²) in [7, 11) is -1.46. The summed E-state index contributed by atoms with van der Waals surface area (Å²) in [6.45, 7) is 0. The van der Waals surface area contributed by atoms with E-state index in [1.165, 1.54) is 24.3 Å². The van der Waals surface area contributed by atoms with Crippen molar-refractivity contribution in [2.45, 2.75) is 0 Å². The lowest BCUT2D eigenvalue weighted by molar-refractivity contribution is 0.374. The second kappa shape index (κ2) is 13.4. The van der Waals surface area contributed by atoms with Crippen LogP contribution in [0.15, 0.2) is 59.1 Å². The molecule has 4 aromatic carbocycles. The fraction of sp³-hybridized carbons (Fsp3) is 0. The summed E-state index contributed by atoms with van der Waals surface area (Å²) < 4.78 is 113. The summed E-state index contributed by atoms with van der Waals surface area (Å²) in [5, 5.41) is 35.0. The van der Waals surface area contributed by atoms with E-state index in [1.807, 2.05) is 0 Å². The van der Waals surface area contributed by atoms with Crippen LogP contribution in [0.3, 0.4) is 0 Å². The Hall–Kier alpha value is -3.69. The van der Waals surface area contributed by atoms with Crippen molar-refractivity contribution in [2.75, 3.05) is 0 Å². The van der Waals surface area contributed by atoms with Gasteiger partial charge in [0, 0.05) is 6.07 Å². The van der Waals surface area contributed by atoms with Gasteiger partial charge in [-0.25, -0.2) is 39.5 Å². The van der Waals surface area contributed by atoms with Gasteiger partial charge in [0.25, 0.3) is 0 Å². The van der Waals surface area contributed by atoms with Crippen molar-refractivity contribution in [3.63, 3.8) is 0 Å². The molecule has 4 aromatic rings. The molecule has 4 nitrogen and oxygen atoms in total. The molecule has 0 aliphatic rings. The Labute approximate surface area is 222 Å². The van der Waals surface area contributed by atoms with Crippen molar-refractivity contribution in [3.05, 3.63) is 111 Å². The quantitative estimate of drug-likeness (QED) is 0.0977. The van der Waals surface area contributed by atoms with E-state index >= 15 is 0 Å². The number of benzene rings is 4. The van der Waals surface area contributed by atoms with Crippen LogP contribution in [-0.4, -0.2) is 27.4 Å². The standard InChI is InChI=1S/C12H6F4O.C6H7BO3.C6BrF5/c13-8-5-9(14)12(16)10(11(8)15)6-1-3-7(17)4-2-6;8-6-3-1-5(2-4-6)7(9)10;7-1-2(8)4(10)6(12)5(11)3(1)9/h1-5,17H;1-4,8-10H;. The van der Waals surface area contributed by atoms with Crippen molar-refractivity contribution >= 4 is 28.5 Å². The molecule has 0 aromatic heterocycles. The van der Waals surface area contributed by atoms with Gasteiger partial charge in [0.05, 0.1) is 10.0 Å². The van der Waals surface area contributed by atoms with E-state index in [4.69, 9.17) is 20.3 Å². The third-order valence-corrected chi connectivity index (χ3v) is 5.31. The van der Waals surface area contributed by atoms with Crippen molar-refractivity contribution in [1.29, 1.82) is 0 Å². The topological polar surface area (TPSA) is 80.9 Å². The average molecular weight is 627 g/mol. The van der Waals surface area contributed by atoms with Crippen LogP contribution in [0.5, 0.6) is 11.5 Å². The average Bonchev–Trinajstić information content (AvgIpc) is 2.91. The fourth-order valence-electron chi connectivity index (χ4n) is 2.68. The molecule has 0 amide bonds. The lowest BCUT2D eigenvalue weighted by Crippen LogP contribution is -2.29. The number of phenolic OH excluding ortho intramolecular Hbond substituents is 2. The maximum absolute atomic E-state index is 13.4. The Kier molecular flexibility index (Phi) is 10.8. The molecule has 4 rings (SSSR count). The first-order valence-corrected chi connectivity index (χ1v) is 10.9. The largest absolute Gasteiger partial charge is 0.508 e. The van der Waals surface area contributed by atoms with E-state index < -0.39 is 69.5 Å². The molecule has 0 fully saturated rings. The SMILES string of the molecule is Fc1c(F)c(F)c(Br)c(F)c1F.OB(O)c1ccc(O)cc1.Oc1ccc(-c2c(F)c(F)cc(F)c2F)cc1. The maximum atomic E-state index is 13.4. The predicted octanol–water partition coefficient (Wildman–Crippen LogP) is 5.83. The normalized spacial score (nSPS) is 10.3. The van der Waals surface area contributed by atoms with Gasteiger partial charge in [0.15, 0.2) is 46.5 Å². The summed E-state index contributed by atoms with van der Waals surface area (Å²) in [5.74, 6) is -15.7. The minimum atomic E-state index is -2.16. The van der Waals surface area contributed by atoms with E-state index in [0.717, 1.165) is 24.3 Å². The number of aromatic hydroxyl groups is 2. The highest BCUT2D eigenvalue weighted by molar-refractivity contribution is 9.10. The van der Waals surface area contributed by atoms with Gasteiger partial charge in [-0.1, -0.05) is 24.3 Å². The first kappa shape index (κ1) is 31.5. The third kappa shape index (κ3) is 7.68. The summed E-state index contributed by atoms with van der Waals surface area (Å²) in [6, 6.07) is 10.5. The molecule has 0 atom stereocenters. The molecular weight excluding hydrogens is 614 g/mol. The monoisotopic (exact) mass is 626 g/mol. The molecular formula is C24H13BBrF9O4. The van der Waals surface area contributed by atoms with Crippen molar-refractivity contribution in [3.8, 4) is 22.6 Å². The molecule has 206 valence electrons. The number of halogens is 10. The molecule has 0 bridgehead atoms. The van der Waals surface area contributed by atoms with Gasteiger partial charge in [0.1, 0.15) is 11.5 Å². The van der Waals surface area contributed by atoms with Gasteiger partial charge in [-0.05, 0) is 51.2 Å². The number of hydrogen-bond acceptors (Lipinski definition) is 4. The smallest absolute Gasteiger partial charge is 0.488 e. The molecule has 0 heterocycles. The van der Waals surface area contributed by atoms with Crippen LogP contribution in [-0.2, 0) is 0 Å². The highest BCUT2D eigenvalue weighted by atomic mass is 79.9. The zero-order valence-corrected chi connectivity index (χ0v) is 20.4.